The number of aliphatic hydroxyl groups excluding tert-OH is 1. The molecule has 20 heavy (non-hydrogen) atoms. The van der Waals surface area contributed by atoms with Crippen molar-refractivity contribution >= 4 is 0 Å². The van der Waals surface area contributed by atoms with Gasteiger partial charge in [-0.3, -0.25) is 0 Å². The molecule has 4 heteroatoms. The molecular formula is C16H20O4. The van der Waals surface area contributed by atoms with E-state index < -0.39 is 6.10 Å². The number of ether oxygens (including phenoxy) is 2. The molecule has 1 N–H and O–H groups in total. The van der Waals surface area contributed by atoms with Crippen LogP contribution in [0.25, 0.3) is 0 Å². The fourth-order valence-electron chi connectivity index (χ4n) is 2.02. The molecule has 1 atom stereocenters. The molecule has 0 aliphatic heterocycles. The van der Waals surface area contributed by atoms with E-state index in [0.29, 0.717) is 31.1 Å². The second-order valence-electron chi connectivity index (χ2n) is 4.42. The quantitative estimate of drug-likeness (QED) is 0.842. The smallest absolute Gasteiger partial charge is 0.161 e. The summed E-state index contributed by atoms with van der Waals surface area (Å²) in [4.78, 5) is 0. The molecule has 1 aromatic heterocycles. The lowest BCUT2D eigenvalue weighted by Gasteiger charge is -2.15. The van der Waals surface area contributed by atoms with Gasteiger partial charge in [0.25, 0.3) is 0 Å². The van der Waals surface area contributed by atoms with Gasteiger partial charge < -0.3 is 19.0 Å². The molecule has 4 nitrogen and oxygen atoms in total. The Labute approximate surface area is 118 Å². The fourth-order valence-corrected chi connectivity index (χ4v) is 2.02. The lowest BCUT2D eigenvalue weighted by molar-refractivity contribution is 0.177. The van der Waals surface area contributed by atoms with E-state index in [0.717, 1.165) is 11.1 Å². The molecule has 0 saturated heterocycles. The van der Waals surface area contributed by atoms with Crippen molar-refractivity contribution in [3.05, 3.63) is 47.9 Å². The Morgan fingerprint density at radius 3 is 2.50 bits per heavy atom. The van der Waals surface area contributed by atoms with Crippen molar-refractivity contribution < 1.29 is 19.0 Å². The number of aliphatic hydroxyl groups is 1. The van der Waals surface area contributed by atoms with Gasteiger partial charge in [0, 0.05) is 6.42 Å². The zero-order chi connectivity index (χ0) is 14.4. The highest BCUT2D eigenvalue weighted by Crippen LogP contribution is 2.31. The molecule has 0 saturated carbocycles. The summed E-state index contributed by atoms with van der Waals surface area (Å²) in [6, 6.07) is 7.38. The van der Waals surface area contributed by atoms with Crippen molar-refractivity contribution in [2.45, 2.75) is 26.4 Å². The zero-order valence-corrected chi connectivity index (χ0v) is 11.8. The van der Waals surface area contributed by atoms with Crippen LogP contribution in [-0.2, 0) is 6.42 Å². The van der Waals surface area contributed by atoms with Gasteiger partial charge in [0.05, 0.1) is 31.8 Å². The van der Waals surface area contributed by atoms with Crippen LogP contribution in [0, 0.1) is 0 Å². The van der Waals surface area contributed by atoms with E-state index in [1.807, 2.05) is 38.1 Å². The van der Waals surface area contributed by atoms with Gasteiger partial charge >= 0.3 is 0 Å². The minimum atomic E-state index is -0.595. The first-order chi connectivity index (χ1) is 9.74. The minimum absolute atomic E-state index is 0.510. The van der Waals surface area contributed by atoms with Gasteiger partial charge in [-0.25, -0.2) is 0 Å². The third-order valence-corrected chi connectivity index (χ3v) is 2.96. The molecule has 0 amide bonds. The molecule has 0 radical (unpaired) electrons. The summed E-state index contributed by atoms with van der Waals surface area (Å²) in [6.45, 7) is 4.99. The zero-order valence-electron chi connectivity index (χ0n) is 11.8. The fraction of sp³-hybridized carbons (Fsp3) is 0.375. The largest absolute Gasteiger partial charge is 0.490 e. The Hall–Kier alpha value is -1.94. The highest BCUT2D eigenvalue weighted by Gasteiger charge is 2.13. The molecule has 1 aromatic carbocycles. The lowest BCUT2D eigenvalue weighted by atomic mass is 10.0. The second-order valence-corrected chi connectivity index (χ2v) is 4.42. The molecule has 1 unspecified atom stereocenters. The topological polar surface area (TPSA) is 51.8 Å². The lowest BCUT2D eigenvalue weighted by Crippen LogP contribution is -2.04. The number of benzene rings is 1. The van der Waals surface area contributed by atoms with Crippen molar-refractivity contribution in [1.29, 1.82) is 0 Å². The van der Waals surface area contributed by atoms with Crippen LogP contribution >= 0.6 is 0 Å². The predicted molar refractivity (Wildman–Crippen MR) is 76.2 cm³/mol. The van der Waals surface area contributed by atoms with Crippen LogP contribution in [-0.4, -0.2) is 18.3 Å². The van der Waals surface area contributed by atoms with Crippen molar-refractivity contribution in [2.24, 2.45) is 0 Å². The Morgan fingerprint density at radius 2 is 1.85 bits per heavy atom. The van der Waals surface area contributed by atoms with E-state index in [1.165, 1.54) is 0 Å². The summed E-state index contributed by atoms with van der Waals surface area (Å²) in [5.74, 6) is 1.37. The summed E-state index contributed by atoms with van der Waals surface area (Å²) in [5.41, 5.74) is 1.77. The van der Waals surface area contributed by atoms with E-state index >= 15 is 0 Å². The van der Waals surface area contributed by atoms with Crippen LogP contribution in [0.2, 0.25) is 0 Å². The summed E-state index contributed by atoms with van der Waals surface area (Å²) in [7, 11) is 0. The maximum absolute atomic E-state index is 10.3. The molecule has 108 valence electrons. The highest BCUT2D eigenvalue weighted by atomic mass is 16.5. The molecule has 1 heterocycles. The van der Waals surface area contributed by atoms with Crippen LogP contribution in [0.1, 0.15) is 31.1 Å². The molecule has 2 rings (SSSR count). The highest BCUT2D eigenvalue weighted by molar-refractivity contribution is 5.43. The maximum atomic E-state index is 10.3. The van der Waals surface area contributed by atoms with E-state index in [2.05, 4.69) is 0 Å². The van der Waals surface area contributed by atoms with Crippen LogP contribution in [0.3, 0.4) is 0 Å². The van der Waals surface area contributed by atoms with Crippen molar-refractivity contribution in [2.75, 3.05) is 13.2 Å². The van der Waals surface area contributed by atoms with Gasteiger partial charge in [-0.05, 0) is 43.2 Å². The average Bonchev–Trinajstić information content (AvgIpc) is 2.94. The van der Waals surface area contributed by atoms with Gasteiger partial charge in [0.2, 0.25) is 0 Å². The molecule has 2 aromatic rings. The van der Waals surface area contributed by atoms with Crippen molar-refractivity contribution in [3.63, 3.8) is 0 Å². The maximum Gasteiger partial charge on any atom is 0.161 e. The standard InChI is InChI=1S/C16H20O4/c1-3-19-15-6-5-13(10-16(15)20-4-2)14(17)9-12-7-8-18-11-12/h5-8,10-11,14,17H,3-4,9H2,1-2H3. The van der Waals surface area contributed by atoms with E-state index in [1.54, 1.807) is 12.5 Å². The Morgan fingerprint density at radius 1 is 1.10 bits per heavy atom. The molecule has 0 bridgehead atoms. The number of hydrogen-bond acceptors (Lipinski definition) is 4. The van der Waals surface area contributed by atoms with Gasteiger partial charge in [-0.2, -0.15) is 0 Å². The SMILES string of the molecule is CCOc1ccc(C(O)Cc2ccoc2)cc1OCC. The molecule has 0 fully saturated rings. The van der Waals surface area contributed by atoms with Gasteiger partial charge in [0.15, 0.2) is 11.5 Å². The summed E-state index contributed by atoms with van der Waals surface area (Å²) < 4.78 is 16.1. The number of furan rings is 1. The van der Waals surface area contributed by atoms with Crippen LogP contribution in [0.15, 0.2) is 41.2 Å². The van der Waals surface area contributed by atoms with Crippen LogP contribution in [0.4, 0.5) is 0 Å². The third-order valence-electron chi connectivity index (χ3n) is 2.96. The predicted octanol–water partition coefficient (Wildman–Crippen LogP) is 3.35. The van der Waals surface area contributed by atoms with Crippen LogP contribution < -0.4 is 9.47 Å². The first kappa shape index (κ1) is 14.5. The Bertz CT molecular complexity index is 519. The van der Waals surface area contributed by atoms with E-state index in [4.69, 9.17) is 13.9 Å². The molecule has 0 aliphatic rings. The Balaban J connectivity index is 2.16. The summed E-state index contributed by atoms with van der Waals surface area (Å²) >= 11 is 0. The van der Waals surface area contributed by atoms with Crippen LogP contribution in [0.5, 0.6) is 11.5 Å². The number of hydrogen-bond donors (Lipinski definition) is 1. The normalized spacial score (nSPS) is 12.2. The third kappa shape index (κ3) is 3.54. The molecule has 0 spiro atoms. The minimum Gasteiger partial charge on any atom is -0.490 e. The second kappa shape index (κ2) is 7.01. The van der Waals surface area contributed by atoms with E-state index in [9.17, 15) is 5.11 Å². The first-order valence-corrected chi connectivity index (χ1v) is 6.83. The molecule has 0 aliphatic carbocycles. The molecular weight excluding hydrogens is 256 g/mol. The first-order valence-electron chi connectivity index (χ1n) is 6.83. The Kier molecular flexibility index (Phi) is 5.07. The van der Waals surface area contributed by atoms with E-state index in [-0.39, 0.29) is 0 Å². The monoisotopic (exact) mass is 276 g/mol. The average molecular weight is 276 g/mol. The van der Waals surface area contributed by atoms with Gasteiger partial charge in [-0.15, -0.1) is 0 Å². The van der Waals surface area contributed by atoms with Crippen molar-refractivity contribution in [1.82, 2.24) is 0 Å². The van der Waals surface area contributed by atoms with Gasteiger partial charge in [-0.1, -0.05) is 6.07 Å². The summed E-state index contributed by atoms with van der Waals surface area (Å²) in [5, 5.41) is 10.3. The summed E-state index contributed by atoms with van der Waals surface area (Å²) in [6.07, 6.45) is 3.16. The van der Waals surface area contributed by atoms with Crippen molar-refractivity contribution in [3.8, 4) is 11.5 Å². The van der Waals surface area contributed by atoms with Gasteiger partial charge in [0.1, 0.15) is 0 Å². The number of rotatable bonds is 7.